The van der Waals surface area contributed by atoms with Crippen LogP contribution in [0.2, 0.25) is 5.02 Å². The van der Waals surface area contributed by atoms with Gasteiger partial charge in [0.25, 0.3) is 0 Å². The molecule has 0 radical (unpaired) electrons. The van der Waals surface area contributed by atoms with Crippen LogP contribution in [-0.4, -0.2) is 31.2 Å². The smallest absolute Gasteiger partial charge is 0.329 e. The van der Waals surface area contributed by atoms with E-state index < -0.39 is 11.8 Å². The molecule has 0 saturated carbocycles. The van der Waals surface area contributed by atoms with Gasteiger partial charge in [0.2, 0.25) is 0 Å². The maximum atomic E-state index is 12.1. The van der Waals surface area contributed by atoms with Crippen LogP contribution in [0, 0.1) is 0 Å². The van der Waals surface area contributed by atoms with Crippen molar-refractivity contribution >= 4 is 35.3 Å². The van der Waals surface area contributed by atoms with E-state index in [1.54, 1.807) is 42.5 Å². The second-order valence-electron chi connectivity index (χ2n) is 5.61. The first kappa shape index (κ1) is 21.2. The fourth-order valence-corrected chi connectivity index (χ4v) is 2.39. The number of rotatable bonds is 8. The topological polar surface area (TPSA) is 89.0 Å². The summed E-state index contributed by atoms with van der Waals surface area (Å²) in [6, 6.07) is 11.9. The maximum Gasteiger partial charge on any atom is 0.329 e. The molecule has 0 atom stereocenters. The van der Waals surface area contributed by atoms with Crippen LogP contribution in [0.1, 0.15) is 25.8 Å². The van der Waals surface area contributed by atoms with Crippen molar-refractivity contribution in [3.63, 3.8) is 0 Å². The summed E-state index contributed by atoms with van der Waals surface area (Å²) < 4.78 is 11.0. The standard InChI is InChI=1S/C20H22ClN3O4/c1-3-11-28-17-10-9-15(21)12-14(17)13-22-24-20(26)19(25)23-16-7-5-6-8-18(16)27-4-2/h5-10,12-13H,3-4,11H2,1-2H3,(H,23,25)(H,24,26)/b22-13-. The Morgan fingerprint density at radius 2 is 1.86 bits per heavy atom. The molecular formula is C20H22ClN3O4. The van der Waals surface area contributed by atoms with Gasteiger partial charge >= 0.3 is 11.8 Å². The monoisotopic (exact) mass is 403 g/mol. The molecule has 0 unspecified atom stereocenters. The Morgan fingerprint density at radius 1 is 1.07 bits per heavy atom. The number of hydrogen-bond donors (Lipinski definition) is 2. The number of nitrogens with zero attached hydrogens (tertiary/aromatic N) is 1. The number of para-hydroxylation sites is 2. The van der Waals surface area contributed by atoms with Crippen LogP contribution < -0.4 is 20.2 Å². The van der Waals surface area contributed by atoms with Crippen molar-refractivity contribution in [1.29, 1.82) is 0 Å². The Bertz CT molecular complexity index is 855. The molecule has 0 aliphatic rings. The molecule has 0 saturated heterocycles. The van der Waals surface area contributed by atoms with Crippen LogP contribution >= 0.6 is 11.6 Å². The molecular weight excluding hydrogens is 382 g/mol. The van der Waals surface area contributed by atoms with Gasteiger partial charge in [-0.15, -0.1) is 0 Å². The second kappa shape index (κ2) is 10.9. The highest BCUT2D eigenvalue weighted by molar-refractivity contribution is 6.39. The molecule has 0 fully saturated rings. The molecule has 2 aromatic carbocycles. The van der Waals surface area contributed by atoms with Gasteiger partial charge in [-0.2, -0.15) is 5.10 Å². The van der Waals surface area contributed by atoms with Crippen LogP contribution in [-0.2, 0) is 9.59 Å². The van der Waals surface area contributed by atoms with Gasteiger partial charge in [0.1, 0.15) is 11.5 Å². The first-order valence-electron chi connectivity index (χ1n) is 8.83. The highest BCUT2D eigenvalue weighted by Crippen LogP contribution is 2.23. The van der Waals surface area contributed by atoms with Gasteiger partial charge in [-0.05, 0) is 43.7 Å². The van der Waals surface area contributed by atoms with E-state index in [1.807, 2.05) is 13.8 Å². The summed E-state index contributed by atoms with van der Waals surface area (Å²) in [7, 11) is 0. The van der Waals surface area contributed by atoms with Crippen LogP contribution in [0.4, 0.5) is 5.69 Å². The molecule has 0 aliphatic heterocycles. The number of carbonyl (C=O) groups is 2. The lowest BCUT2D eigenvalue weighted by Crippen LogP contribution is -2.32. The summed E-state index contributed by atoms with van der Waals surface area (Å²) >= 11 is 5.99. The van der Waals surface area contributed by atoms with E-state index in [9.17, 15) is 9.59 Å². The molecule has 148 valence electrons. The molecule has 0 aliphatic carbocycles. The lowest BCUT2D eigenvalue weighted by Gasteiger charge is -2.10. The third-order valence-corrected chi connectivity index (χ3v) is 3.68. The van der Waals surface area contributed by atoms with E-state index in [-0.39, 0.29) is 0 Å². The molecule has 0 aromatic heterocycles. The minimum absolute atomic E-state index is 0.401. The van der Waals surface area contributed by atoms with Crippen LogP contribution in [0.15, 0.2) is 47.6 Å². The Hall–Kier alpha value is -3.06. The summed E-state index contributed by atoms with van der Waals surface area (Å²) in [6.07, 6.45) is 2.22. The van der Waals surface area contributed by atoms with Crippen molar-refractivity contribution in [3.8, 4) is 11.5 Å². The third kappa shape index (κ3) is 6.28. The summed E-state index contributed by atoms with van der Waals surface area (Å²) in [5.41, 5.74) is 3.17. The van der Waals surface area contributed by atoms with Crippen LogP contribution in [0.5, 0.6) is 11.5 Å². The largest absolute Gasteiger partial charge is 0.493 e. The van der Waals surface area contributed by atoms with Gasteiger partial charge in [-0.25, -0.2) is 5.43 Å². The molecule has 2 aromatic rings. The number of anilines is 1. The van der Waals surface area contributed by atoms with Gasteiger partial charge in [0, 0.05) is 10.6 Å². The zero-order valence-corrected chi connectivity index (χ0v) is 16.5. The number of benzene rings is 2. The number of hydrazone groups is 1. The van der Waals surface area contributed by atoms with Crippen molar-refractivity contribution in [1.82, 2.24) is 5.43 Å². The lowest BCUT2D eigenvalue weighted by atomic mass is 10.2. The maximum absolute atomic E-state index is 12.1. The second-order valence-corrected chi connectivity index (χ2v) is 6.05. The first-order chi connectivity index (χ1) is 13.5. The van der Waals surface area contributed by atoms with Crippen LogP contribution in [0.25, 0.3) is 0 Å². The van der Waals surface area contributed by atoms with Crippen molar-refractivity contribution in [2.75, 3.05) is 18.5 Å². The average molecular weight is 404 g/mol. The highest BCUT2D eigenvalue weighted by Gasteiger charge is 2.15. The molecule has 7 nitrogen and oxygen atoms in total. The molecule has 2 N–H and O–H groups in total. The predicted molar refractivity (Wildman–Crippen MR) is 109 cm³/mol. The Kier molecular flexibility index (Phi) is 8.30. The van der Waals surface area contributed by atoms with Gasteiger partial charge in [0.15, 0.2) is 0 Å². The van der Waals surface area contributed by atoms with Crippen molar-refractivity contribution in [2.24, 2.45) is 5.10 Å². The Labute approximate surface area is 168 Å². The van der Waals surface area contributed by atoms with Gasteiger partial charge in [-0.3, -0.25) is 9.59 Å². The Balaban J connectivity index is 2.00. The zero-order chi connectivity index (χ0) is 20.4. The minimum atomic E-state index is -0.916. The number of hydrogen-bond acceptors (Lipinski definition) is 5. The minimum Gasteiger partial charge on any atom is -0.493 e. The van der Waals surface area contributed by atoms with Gasteiger partial charge in [-0.1, -0.05) is 30.7 Å². The highest BCUT2D eigenvalue weighted by atomic mass is 35.5. The van der Waals surface area contributed by atoms with E-state index >= 15 is 0 Å². The summed E-state index contributed by atoms with van der Waals surface area (Å²) in [6.45, 7) is 4.79. The molecule has 0 spiro atoms. The predicted octanol–water partition coefficient (Wildman–Crippen LogP) is 3.62. The Morgan fingerprint density at radius 3 is 2.61 bits per heavy atom. The van der Waals surface area contributed by atoms with E-state index in [0.29, 0.717) is 41.0 Å². The molecule has 0 heterocycles. The van der Waals surface area contributed by atoms with E-state index in [1.165, 1.54) is 6.21 Å². The number of carbonyl (C=O) groups excluding carboxylic acids is 2. The van der Waals surface area contributed by atoms with Crippen molar-refractivity contribution in [2.45, 2.75) is 20.3 Å². The molecule has 2 rings (SSSR count). The number of halogens is 1. The van der Waals surface area contributed by atoms with Gasteiger partial charge < -0.3 is 14.8 Å². The summed E-state index contributed by atoms with van der Waals surface area (Å²) in [4.78, 5) is 24.1. The molecule has 0 bridgehead atoms. The number of amides is 2. The number of ether oxygens (including phenoxy) is 2. The van der Waals surface area contributed by atoms with Crippen molar-refractivity contribution in [3.05, 3.63) is 53.1 Å². The van der Waals surface area contributed by atoms with Crippen LogP contribution in [0.3, 0.4) is 0 Å². The van der Waals surface area contributed by atoms with Gasteiger partial charge in [0.05, 0.1) is 25.1 Å². The average Bonchev–Trinajstić information content (AvgIpc) is 2.69. The lowest BCUT2D eigenvalue weighted by molar-refractivity contribution is -0.136. The molecule has 28 heavy (non-hydrogen) atoms. The third-order valence-electron chi connectivity index (χ3n) is 3.44. The van der Waals surface area contributed by atoms with E-state index in [4.69, 9.17) is 21.1 Å². The normalized spacial score (nSPS) is 10.5. The quantitative estimate of drug-likeness (QED) is 0.400. The van der Waals surface area contributed by atoms with E-state index in [0.717, 1.165) is 6.42 Å². The fourth-order valence-electron chi connectivity index (χ4n) is 2.21. The molecule has 8 heteroatoms. The zero-order valence-electron chi connectivity index (χ0n) is 15.7. The number of nitrogens with one attached hydrogen (secondary N) is 2. The van der Waals surface area contributed by atoms with Crippen molar-refractivity contribution < 1.29 is 19.1 Å². The SMILES string of the molecule is CCCOc1ccc(Cl)cc1/C=N\NC(=O)C(=O)Nc1ccccc1OCC. The summed E-state index contributed by atoms with van der Waals surface area (Å²) in [5, 5.41) is 6.82. The van der Waals surface area contributed by atoms with E-state index in [2.05, 4.69) is 15.8 Å². The fraction of sp³-hybridized carbons (Fsp3) is 0.250. The first-order valence-corrected chi connectivity index (χ1v) is 9.21. The summed E-state index contributed by atoms with van der Waals surface area (Å²) in [5.74, 6) is -0.718. The molecule has 2 amide bonds.